The molecule has 4 rings (SSSR count). The van der Waals surface area contributed by atoms with Gasteiger partial charge in [0.25, 0.3) is 0 Å². The molecule has 0 saturated heterocycles. The Bertz CT molecular complexity index is 922. The fourth-order valence-electron chi connectivity index (χ4n) is 4.02. The maximum Gasteiger partial charge on any atom is -0.147 e. The predicted molar refractivity (Wildman–Crippen MR) is 117 cm³/mol. The summed E-state index contributed by atoms with van der Waals surface area (Å²) < 4.78 is 1.82. The zero-order valence-electron chi connectivity index (χ0n) is 15.6. The molecule has 0 amide bonds. The number of hydrogen-bond donors (Lipinski definition) is 0. The molecule has 0 bridgehead atoms. The molecule has 2 aromatic rings. The number of halogens is 2. The maximum atomic E-state index is 2.52. The molecule has 2 aromatic carbocycles. The molecular weight excluding hydrogens is 454 g/mol. The normalized spacial score (nSPS) is 13.5. The molecule has 135 valence electrons. The Morgan fingerprint density at radius 2 is 1.69 bits per heavy atom. The molecule has 0 nitrogen and oxygen atoms in total. The summed E-state index contributed by atoms with van der Waals surface area (Å²) >= 11 is -0.489. The predicted octanol–water partition coefficient (Wildman–Crippen LogP) is 6.18. The van der Waals surface area contributed by atoms with E-state index in [1.807, 2.05) is 3.27 Å². The molecule has 0 fully saturated rings. The molecule has 0 N–H and O–H groups in total. The minimum atomic E-state index is -0.489. The zero-order chi connectivity index (χ0) is 16.7. The molecule has 0 spiro atoms. The standard InChI is InChI=1S/C20H17.C2H6Si.2ClH.Zr/c1-2-14-7-5-9-18(14)16-10-11-20-17(13-16)12-15-6-3-4-8-19(15)20;1-3-2;;;/h3-8,10-11H,2,9,12H2,1H3;1-2H3;2*1H;. The first-order valence-corrected chi connectivity index (χ1v) is 16.3. The molecule has 0 aromatic heterocycles. The van der Waals surface area contributed by atoms with Crippen LogP contribution < -0.4 is 3.27 Å². The monoisotopic (exact) mass is 477 g/mol. The van der Waals surface area contributed by atoms with Crippen molar-refractivity contribution < 1.29 is 21.9 Å². The SMILES string of the molecule is CCC1=C(c2ccc3c([c]2[Zr]=[Si](C)C)Cc2ccccc2-3)CC=C1.Cl.Cl. The summed E-state index contributed by atoms with van der Waals surface area (Å²) in [6, 6.07) is 13.9. The van der Waals surface area contributed by atoms with Gasteiger partial charge in [-0.05, 0) is 0 Å². The molecule has 4 heteroatoms. The molecule has 0 aliphatic heterocycles. The van der Waals surface area contributed by atoms with Gasteiger partial charge in [-0.1, -0.05) is 0 Å². The topological polar surface area (TPSA) is 0 Å². The van der Waals surface area contributed by atoms with Gasteiger partial charge in [-0.2, -0.15) is 0 Å². The minimum Gasteiger partial charge on any atom is -0.147 e. The third-order valence-electron chi connectivity index (χ3n) is 5.10. The molecule has 0 saturated carbocycles. The van der Waals surface area contributed by atoms with Gasteiger partial charge in [0.15, 0.2) is 0 Å². The molecule has 2 aliphatic rings. The van der Waals surface area contributed by atoms with E-state index in [0.717, 1.165) is 19.3 Å². The Morgan fingerprint density at radius 3 is 2.42 bits per heavy atom. The van der Waals surface area contributed by atoms with Crippen molar-refractivity contribution in [2.75, 3.05) is 0 Å². The van der Waals surface area contributed by atoms with Gasteiger partial charge in [0, 0.05) is 0 Å². The van der Waals surface area contributed by atoms with Crippen LogP contribution in [0.25, 0.3) is 16.7 Å². The van der Waals surface area contributed by atoms with Crippen LogP contribution in [0.3, 0.4) is 0 Å². The minimum absolute atomic E-state index is 0. The van der Waals surface area contributed by atoms with Gasteiger partial charge in [0.05, 0.1) is 0 Å². The maximum absolute atomic E-state index is 2.52. The zero-order valence-corrected chi connectivity index (χ0v) is 20.6. The summed E-state index contributed by atoms with van der Waals surface area (Å²) in [4.78, 5) is 0. The first-order chi connectivity index (χ1) is 11.7. The van der Waals surface area contributed by atoms with Gasteiger partial charge in [-0.3, -0.25) is 0 Å². The van der Waals surface area contributed by atoms with E-state index in [1.165, 1.54) is 16.7 Å². The van der Waals surface area contributed by atoms with Gasteiger partial charge < -0.3 is 0 Å². The van der Waals surface area contributed by atoms with Gasteiger partial charge >= 0.3 is 157 Å². The quantitative estimate of drug-likeness (QED) is 0.393. The number of fused-ring (bicyclic) bond motifs is 3. The summed E-state index contributed by atoms with van der Waals surface area (Å²) in [7, 11) is 0. The number of hydrogen-bond acceptors (Lipinski definition) is 0. The average molecular weight is 480 g/mol. The fraction of sp³-hybridized carbons (Fsp3) is 0.273. The number of rotatable bonds is 3. The molecule has 2 aliphatic carbocycles. The van der Waals surface area contributed by atoms with E-state index in [9.17, 15) is 0 Å². The van der Waals surface area contributed by atoms with Crippen LogP contribution in [0.15, 0.2) is 54.1 Å². The Labute approximate surface area is 181 Å². The van der Waals surface area contributed by atoms with Crippen molar-refractivity contribution in [3.63, 3.8) is 0 Å². The first kappa shape index (κ1) is 21.9. The molecule has 26 heavy (non-hydrogen) atoms. The van der Waals surface area contributed by atoms with Crippen LogP contribution in [0.5, 0.6) is 0 Å². The smallest absolute Gasteiger partial charge is 0.147 e. The first-order valence-electron chi connectivity index (χ1n) is 8.89. The van der Waals surface area contributed by atoms with Crippen molar-refractivity contribution in [3.8, 4) is 11.1 Å². The van der Waals surface area contributed by atoms with Gasteiger partial charge in [-0.25, -0.2) is 0 Å². The van der Waals surface area contributed by atoms with Crippen molar-refractivity contribution in [2.45, 2.75) is 39.3 Å². The fourth-order valence-corrected chi connectivity index (χ4v) is 11.7. The summed E-state index contributed by atoms with van der Waals surface area (Å²) in [5, 5.41) is 0. The third kappa shape index (κ3) is 3.90. The summed E-state index contributed by atoms with van der Waals surface area (Å²) in [6.45, 7) is 7.33. The number of benzene rings is 2. The van der Waals surface area contributed by atoms with Gasteiger partial charge in [0.1, 0.15) is 0 Å². The van der Waals surface area contributed by atoms with Crippen LogP contribution in [0, 0.1) is 0 Å². The van der Waals surface area contributed by atoms with Crippen molar-refractivity contribution in [2.24, 2.45) is 0 Å². The van der Waals surface area contributed by atoms with E-state index in [4.69, 9.17) is 0 Å². The van der Waals surface area contributed by atoms with Crippen LogP contribution in [-0.4, -0.2) is 5.43 Å². The van der Waals surface area contributed by atoms with Crippen LogP contribution in [-0.2, 0) is 28.3 Å². The Morgan fingerprint density at radius 1 is 0.962 bits per heavy atom. The van der Waals surface area contributed by atoms with Gasteiger partial charge in [0.2, 0.25) is 0 Å². The van der Waals surface area contributed by atoms with E-state index in [-0.39, 0.29) is 30.2 Å². The molecule has 0 heterocycles. The summed E-state index contributed by atoms with van der Waals surface area (Å²) in [5.41, 5.74) is 10.9. The van der Waals surface area contributed by atoms with Crippen LogP contribution in [0.4, 0.5) is 0 Å². The molecule has 0 radical (unpaired) electrons. The molecule has 0 unspecified atom stereocenters. The third-order valence-corrected chi connectivity index (χ3v) is 12.8. The molecular formula is C22H25Cl2SiZr. The van der Waals surface area contributed by atoms with Crippen molar-refractivity contribution in [3.05, 3.63) is 70.8 Å². The largest absolute Gasteiger partial charge is 0.147 e. The van der Waals surface area contributed by atoms with E-state index < -0.39 is 21.9 Å². The summed E-state index contributed by atoms with van der Waals surface area (Å²) in [6.07, 6.45) is 8.16. The number of allylic oxidation sites excluding steroid dienone is 4. The van der Waals surface area contributed by atoms with E-state index in [2.05, 4.69) is 68.6 Å². The average Bonchev–Trinajstić information content (AvgIpc) is 3.18. The van der Waals surface area contributed by atoms with E-state index >= 15 is 0 Å². The van der Waals surface area contributed by atoms with E-state index in [0.29, 0.717) is 0 Å². The second-order valence-electron chi connectivity index (χ2n) is 6.94. The van der Waals surface area contributed by atoms with Crippen molar-refractivity contribution in [1.29, 1.82) is 0 Å². The second kappa shape index (κ2) is 9.20. The van der Waals surface area contributed by atoms with Crippen LogP contribution >= 0.6 is 24.8 Å². The Kier molecular flexibility index (Phi) is 7.74. The van der Waals surface area contributed by atoms with Gasteiger partial charge in [-0.15, -0.1) is 24.8 Å². The second-order valence-corrected chi connectivity index (χ2v) is 19.6. The Hall–Kier alpha value is -0.400. The summed E-state index contributed by atoms with van der Waals surface area (Å²) in [5.74, 6) is 0. The van der Waals surface area contributed by atoms with Crippen LogP contribution in [0.1, 0.15) is 36.5 Å². The van der Waals surface area contributed by atoms with Crippen molar-refractivity contribution in [1.82, 2.24) is 0 Å². The van der Waals surface area contributed by atoms with Crippen molar-refractivity contribution >= 4 is 39.1 Å². The Balaban J connectivity index is 0.00000121. The van der Waals surface area contributed by atoms with E-state index in [1.54, 1.807) is 22.3 Å². The molecule has 0 atom stereocenters. The van der Waals surface area contributed by atoms with Crippen LogP contribution in [0.2, 0.25) is 13.1 Å².